The number of nitrogens with zero attached hydrogens (tertiary/aromatic N) is 1. The van der Waals surface area contributed by atoms with Crippen molar-refractivity contribution in [3.63, 3.8) is 0 Å². The van der Waals surface area contributed by atoms with Crippen molar-refractivity contribution < 1.29 is 18.7 Å². The monoisotopic (exact) mass is 408 g/mol. The summed E-state index contributed by atoms with van der Waals surface area (Å²) in [6, 6.07) is 6.83. The lowest BCUT2D eigenvalue weighted by molar-refractivity contribution is -0.147. The van der Waals surface area contributed by atoms with Gasteiger partial charge in [-0.15, -0.1) is 0 Å². The first-order valence-electron chi connectivity index (χ1n) is 9.99. The number of benzene rings is 1. The van der Waals surface area contributed by atoms with Gasteiger partial charge in [-0.1, -0.05) is 32.9 Å². The Morgan fingerprint density at radius 3 is 2.43 bits per heavy atom. The van der Waals surface area contributed by atoms with Gasteiger partial charge in [-0.2, -0.15) is 0 Å². The van der Waals surface area contributed by atoms with Crippen LogP contribution in [0, 0.1) is 22.6 Å². The number of likely N-dealkylation sites (tertiary alicyclic amines) is 1. The molecule has 0 spiro atoms. The number of carboxylic acids is 1. The highest BCUT2D eigenvalue weighted by Crippen LogP contribution is 2.42. The van der Waals surface area contributed by atoms with Crippen LogP contribution in [0.1, 0.15) is 46.1 Å². The van der Waals surface area contributed by atoms with Gasteiger partial charge < -0.3 is 14.4 Å². The molecule has 1 N–H and O–H groups in total. The maximum Gasteiger partial charge on any atom is 0.310 e. The third kappa shape index (κ3) is 5.64. The SMILES string of the molecule is C[Si](C)OC([C@H]1CN(CC(C)(C)C(=O)O)C[C@@H]1c1cccc(F)c1)C(C)(C)C. The van der Waals surface area contributed by atoms with Crippen molar-refractivity contribution in [2.75, 3.05) is 19.6 Å². The van der Waals surface area contributed by atoms with Crippen molar-refractivity contribution >= 4 is 15.0 Å². The van der Waals surface area contributed by atoms with E-state index in [2.05, 4.69) is 38.8 Å². The first kappa shape index (κ1) is 23.0. The predicted octanol–water partition coefficient (Wildman–Crippen LogP) is 4.63. The summed E-state index contributed by atoms with van der Waals surface area (Å²) in [6.45, 7) is 16.3. The van der Waals surface area contributed by atoms with E-state index in [0.717, 1.165) is 18.7 Å². The summed E-state index contributed by atoms with van der Waals surface area (Å²) in [5, 5.41) is 9.55. The molecule has 157 valence electrons. The van der Waals surface area contributed by atoms with E-state index in [1.165, 1.54) is 6.07 Å². The summed E-state index contributed by atoms with van der Waals surface area (Å²) >= 11 is 0. The van der Waals surface area contributed by atoms with E-state index >= 15 is 0 Å². The number of hydrogen-bond donors (Lipinski definition) is 1. The summed E-state index contributed by atoms with van der Waals surface area (Å²) in [5.74, 6) is -0.726. The van der Waals surface area contributed by atoms with E-state index in [-0.39, 0.29) is 29.2 Å². The minimum Gasteiger partial charge on any atom is -0.481 e. The number of rotatable bonds is 7. The Kier molecular flexibility index (Phi) is 7.11. The summed E-state index contributed by atoms with van der Waals surface area (Å²) in [6.07, 6.45) is 0.0302. The minimum atomic E-state index is -0.917. The van der Waals surface area contributed by atoms with Crippen LogP contribution in [0.4, 0.5) is 4.39 Å². The molecule has 1 aromatic rings. The standard InChI is InChI=1S/C22H35FNO3Si/c1-21(2,3)19(27-28(6)7)18-13-24(14-22(4,5)20(25)26)12-17(18)15-9-8-10-16(23)11-15/h8-11,17-19H,12-14H2,1-7H3,(H,25,26)/t17-,18+,19?/m1/s1. The Morgan fingerprint density at radius 1 is 1.29 bits per heavy atom. The average molecular weight is 409 g/mol. The van der Waals surface area contributed by atoms with E-state index in [0.29, 0.717) is 6.54 Å². The molecule has 1 saturated heterocycles. The highest BCUT2D eigenvalue weighted by atomic mass is 28.3. The van der Waals surface area contributed by atoms with Gasteiger partial charge in [0.15, 0.2) is 0 Å². The lowest BCUT2D eigenvalue weighted by Gasteiger charge is -2.39. The molecule has 1 unspecified atom stereocenters. The van der Waals surface area contributed by atoms with E-state index in [9.17, 15) is 14.3 Å². The van der Waals surface area contributed by atoms with Crippen LogP contribution in [-0.4, -0.2) is 50.8 Å². The Hall–Kier alpha value is -1.24. The van der Waals surface area contributed by atoms with Gasteiger partial charge in [-0.05, 0) is 50.1 Å². The maximum absolute atomic E-state index is 13.9. The van der Waals surface area contributed by atoms with Crippen molar-refractivity contribution in [1.29, 1.82) is 0 Å². The summed E-state index contributed by atoms with van der Waals surface area (Å²) in [7, 11) is -0.917. The van der Waals surface area contributed by atoms with E-state index in [1.807, 2.05) is 6.07 Å². The molecule has 3 atom stereocenters. The molecule has 28 heavy (non-hydrogen) atoms. The summed E-state index contributed by atoms with van der Waals surface area (Å²) in [4.78, 5) is 13.8. The molecule has 1 aliphatic rings. The third-order valence-corrected chi connectivity index (χ3v) is 6.25. The predicted molar refractivity (Wildman–Crippen MR) is 112 cm³/mol. The highest BCUT2D eigenvalue weighted by molar-refractivity contribution is 6.48. The van der Waals surface area contributed by atoms with Crippen molar-refractivity contribution in [2.24, 2.45) is 16.7 Å². The second-order valence-corrected chi connectivity index (χ2v) is 12.1. The van der Waals surface area contributed by atoms with Gasteiger partial charge in [0.2, 0.25) is 9.04 Å². The van der Waals surface area contributed by atoms with Crippen molar-refractivity contribution in [2.45, 2.75) is 59.7 Å². The van der Waals surface area contributed by atoms with Gasteiger partial charge in [0, 0.05) is 31.5 Å². The van der Waals surface area contributed by atoms with Crippen LogP contribution in [0.2, 0.25) is 13.1 Å². The molecule has 2 rings (SSSR count). The number of aliphatic carboxylic acids is 1. The number of carbonyl (C=O) groups is 1. The van der Waals surface area contributed by atoms with Crippen molar-refractivity contribution in [3.05, 3.63) is 35.6 Å². The lowest BCUT2D eigenvalue weighted by atomic mass is 9.75. The average Bonchev–Trinajstić information content (AvgIpc) is 2.93. The second-order valence-electron chi connectivity index (χ2n) is 10.0. The molecule has 1 heterocycles. The van der Waals surface area contributed by atoms with Crippen LogP contribution in [0.15, 0.2) is 24.3 Å². The topological polar surface area (TPSA) is 49.8 Å². The molecule has 6 heteroatoms. The van der Waals surface area contributed by atoms with Gasteiger partial charge in [0.05, 0.1) is 11.5 Å². The lowest BCUT2D eigenvalue weighted by Crippen LogP contribution is -2.43. The molecule has 1 aromatic carbocycles. The number of carboxylic acid groups (broad SMARTS) is 1. The van der Waals surface area contributed by atoms with Crippen LogP contribution in [0.25, 0.3) is 0 Å². The molecule has 1 aliphatic heterocycles. The minimum absolute atomic E-state index is 0.0302. The number of hydrogen-bond acceptors (Lipinski definition) is 3. The Labute approximate surface area is 170 Å². The molecular formula is C22H35FNO3Si. The van der Waals surface area contributed by atoms with E-state index in [1.54, 1.807) is 26.0 Å². The quantitative estimate of drug-likeness (QED) is 0.668. The second kappa shape index (κ2) is 8.64. The molecule has 0 saturated carbocycles. The number of halogens is 1. The first-order chi connectivity index (χ1) is 12.8. The summed E-state index contributed by atoms with van der Waals surface area (Å²) in [5.41, 5.74) is 0.0833. The Balaban J connectivity index is 2.38. The van der Waals surface area contributed by atoms with Crippen LogP contribution in [0.3, 0.4) is 0 Å². The van der Waals surface area contributed by atoms with Crippen LogP contribution in [-0.2, 0) is 9.22 Å². The molecule has 1 radical (unpaired) electrons. The van der Waals surface area contributed by atoms with Crippen LogP contribution >= 0.6 is 0 Å². The summed E-state index contributed by atoms with van der Waals surface area (Å²) < 4.78 is 20.4. The Morgan fingerprint density at radius 2 is 1.93 bits per heavy atom. The molecule has 4 nitrogen and oxygen atoms in total. The third-order valence-electron chi connectivity index (χ3n) is 5.52. The van der Waals surface area contributed by atoms with Gasteiger partial charge in [0.1, 0.15) is 5.82 Å². The van der Waals surface area contributed by atoms with Crippen molar-refractivity contribution in [1.82, 2.24) is 4.90 Å². The normalized spacial score (nSPS) is 22.6. The highest BCUT2D eigenvalue weighted by Gasteiger charge is 2.45. The van der Waals surface area contributed by atoms with Crippen LogP contribution in [0.5, 0.6) is 0 Å². The van der Waals surface area contributed by atoms with E-state index in [4.69, 9.17) is 4.43 Å². The molecule has 0 aliphatic carbocycles. The fourth-order valence-electron chi connectivity index (χ4n) is 4.23. The van der Waals surface area contributed by atoms with Gasteiger partial charge in [-0.25, -0.2) is 4.39 Å². The fourth-order valence-corrected chi connectivity index (χ4v) is 5.26. The zero-order valence-electron chi connectivity index (χ0n) is 18.3. The molecule has 1 fully saturated rings. The van der Waals surface area contributed by atoms with E-state index < -0.39 is 20.4 Å². The fraction of sp³-hybridized carbons (Fsp3) is 0.682. The molecule has 0 amide bonds. The largest absolute Gasteiger partial charge is 0.481 e. The maximum atomic E-state index is 13.9. The zero-order chi connectivity index (χ0) is 21.3. The molecular weight excluding hydrogens is 373 g/mol. The Bertz CT molecular complexity index is 687. The molecule has 0 aromatic heterocycles. The first-order valence-corrected chi connectivity index (χ1v) is 12.4. The zero-order valence-corrected chi connectivity index (χ0v) is 19.3. The van der Waals surface area contributed by atoms with Crippen molar-refractivity contribution in [3.8, 4) is 0 Å². The smallest absolute Gasteiger partial charge is 0.310 e. The van der Waals surface area contributed by atoms with Gasteiger partial charge in [-0.3, -0.25) is 4.79 Å². The van der Waals surface area contributed by atoms with Gasteiger partial charge >= 0.3 is 5.97 Å². The molecule has 0 bridgehead atoms. The van der Waals surface area contributed by atoms with Gasteiger partial charge in [0.25, 0.3) is 0 Å². The van der Waals surface area contributed by atoms with Crippen LogP contribution < -0.4 is 0 Å².